The first-order valence-corrected chi connectivity index (χ1v) is 7.41. The van der Waals surface area contributed by atoms with Gasteiger partial charge in [0.25, 0.3) is 0 Å². The first-order chi connectivity index (χ1) is 9.94. The van der Waals surface area contributed by atoms with Gasteiger partial charge in [-0.15, -0.1) is 0 Å². The van der Waals surface area contributed by atoms with Crippen LogP contribution in [0.15, 0.2) is 40.9 Å². The van der Waals surface area contributed by atoms with Crippen molar-refractivity contribution in [3.63, 3.8) is 0 Å². The molecule has 0 amide bonds. The van der Waals surface area contributed by atoms with Gasteiger partial charge in [-0.3, -0.25) is 0 Å². The van der Waals surface area contributed by atoms with Gasteiger partial charge < -0.3 is 9.47 Å². The third-order valence-electron chi connectivity index (χ3n) is 2.86. The molecule has 21 heavy (non-hydrogen) atoms. The Labute approximate surface area is 133 Å². The van der Waals surface area contributed by atoms with Gasteiger partial charge in [0, 0.05) is 0 Å². The molecule has 2 aromatic carbocycles. The summed E-state index contributed by atoms with van der Waals surface area (Å²) in [6.45, 7) is 5.83. The summed E-state index contributed by atoms with van der Waals surface area (Å²) < 4.78 is 11.5. The van der Waals surface area contributed by atoms with Crippen LogP contribution in [0.1, 0.15) is 16.7 Å². The fourth-order valence-corrected chi connectivity index (χ4v) is 2.57. The van der Waals surface area contributed by atoms with Crippen LogP contribution in [0.5, 0.6) is 11.5 Å². The molecule has 0 heterocycles. The number of ether oxygens (including phenoxy) is 2. The fourth-order valence-electron chi connectivity index (χ4n) is 2.00. The van der Waals surface area contributed by atoms with Crippen molar-refractivity contribution >= 4 is 21.9 Å². The van der Waals surface area contributed by atoms with E-state index in [-0.39, 0.29) is 6.61 Å². The maximum atomic E-state index is 11.8. The number of carbonyl (C=O) groups is 1. The minimum absolute atomic E-state index is 0.122. The maximum absolute atomic E-state index is 11.8. The molecule has 0 bridgehead atoms. The van der Waals surface area contributed by atoms with E-state index in [1.165, 1.54) is 0 Å². The van der Waals surface area contributed by atoms with Gasteiger partial charge in [-0.2, -0.15) is 0 Å². The highest BCUT2D eigenvalue weighted by atomic mass is 79.9. The van der Waals surface area contributed by atoms with E-state index < -0.39 is 5.97 Å². The third kappa shape index (κ3) is 4.60. The molecule has 0 aliphatic rings. The minimum atomic E-state index is -0.432. The monoisotopic (exact) mass is 348 g/mol. The van der Waals surface area contributed by atoms with Crippen LogP contribution in [0, 0.1) is 20.8 Å². The molecule has 0 saturated carbocycles. The first kappa shape index (κ1) is 15.6. The molecule has 0 fully saturated rings. The van der Waals surface area contributed by atoms with Crippen molar-refractivity contribution in [1.29, 1.82) is 0 Å². The van der Waals surface area contributed by atoms with Crippen LogP contribution in [-0.4, -0.2) is 12.6 Å². The molecule has 0 unspecified atom stereocenters. The molecule has 0 spiro atoms. The van der Waals surface area contributed by atoms with E-state index in [9.17, 15) is 4.79 Å². The van der Waals surface area contributed by atoms with Crippen LogP contribution in [0.4, 0.5) is 0 Å². The molecular formula is C17H17BrO3. The standard InChI is InChI=1S/C17H17BrO3/c1-11-4-5-16(15(18)9-11)21-17(19)10-20-14-7-12(2)6-13(3)8-14/h4-9H,10H2,1-3H3. The summed E-state index contributed by atoms with van der Waals surface area (Å²) in [6, 6.07) is 11.4. The van der Waals surface area contributed by atoms with E-state index in [1.54, 1.807) is 6.07 Å². The number of hydrogen-bond acceptors (Lipinski definition) is 3. The number of hydrogen-bond donors (Lipinski definition) is 0. The van der Waals surface area contributed by atoms with Gasteiger partial charge in [0.05, 0.1) is 4.47 Å². The molecule has 0 radical (unpaired) electrons. The van der Waals surface area contributed by atoms with Crippen LogP contribution in [0.25, 0.3) is 0 Å². The van der Waals surface area contributed by atoms with Gasteiger partial charge in [0.1, 0.15) is 11.5 Å². The van der Waals surface area contributed by atoms with Crippen molar-refractivity contribution in [2.45, 2.75) is 20.8 Å². The Morgan fingerprint density at radius 2 is 1.67 bits per heavy atom. The summed E-state index contributed by atoms with van der Waals surface area (Å²) in [5.41, 5.74) is 3.28. The topological polar surface area (TPSA) is 35.5 Å². The summed E-state index contributed by atoms with van der Waals surface area (Å²) in [5, 5.41) is 0. The molecule has 0 aliphatic heterocycles. The number of rotatable bonds is 4. The maximum Gasteiger partial charge on any atom is 0.349 e. The van der Waals surface area contributed by atoms with Gasteiger partial charge in [-0.25, -0.2) is 4.79 Å². The smallest absolute Gasteiger partial charge is 0.349 e. The Bertz CT molecular complexity index is 645. The first-order valence-electron chi connectivity index (χ1n) is 6.62. The SMILES string of the molecule is Cc1cc(C)cc(OCC(=O)Oc2ccc(C)cc2Br)c1. The number of esters is 1. The fraction of sp³-hybridized carbons (Fsp3) is 0.235. The Morgan fingerprint density at radius 1 is 1.00 bits per heavy atom. The van der Waals surface area contributed by atoms with E-state index in [0.29, 0.717) is 11.5 Å². The van der Waals surface area contributed by atoms with Crippen LogP contribution in [0.3, 0.4) is 0 Å². The normalized spacial score (nSPS) is 10.3. The van der Waals surface area contributed by atoms with Crippen LogP contribution in [0.2, 0.25) is 0 Å². The molecule has 110 valence electrons. The van der Waals surface area contributed by atoms with Crippen LogP contribution >= 0.6 is 15.9 Å². The lowest BCUT2D eigenvalue weighted by Crippen LogP contribution is -2.18. The quantitative estimate of drug-likeness (QED) is 0.608. The van der Waals surface area contributed by atoms with Crippen molar-refractivity contribution in [2.24, 2.45) is 0 Å². The lowest BCUT2D eigenvalue weighted by molar-refractivity contribution is -0.136. The van der Waals surface area contributed by atoms with Crippen molar-refractivity contribution < 1.29 is 14.3 Å². The molecular weight excluding hydrogens is 332 g/mol. The van der Waals surface area contributed by atoms with E-state index in [0.717, 1.165) is 21.2 Å². The van der Waals surface area contributed by atoms with Gasteiger partial charge in [0.15, 0.2) is 6.61 Å². The zero-order chi connectivity index (χ0) is 15.4. The lowest BCUT2D eigenvalue weighted by atomic mass is 10.1. The Hall–Kier alpha value is -1.81. The molecule has 0 saturated heterocycles. The van der Waals surface area contributed by atoms with Crippen molar-refractivity contribution in [1.82, 2.24) is 0 Å². The number of halogens is 1. The molecule has 0 aromatic heterocycles. The van der Waals surface area contributed by atoms with Gasteiger partial charge >= 0.3 is 5.97 Å². The van der Waals surface area contributed by atoms with Gasteiger partial charge in [0.2, 0.25) is 0 Å². The summed E-state index contributed by atoms with van der Waals surface area (Å²) in [6.07, 6.45) is 0. The van der Waals surface area contributed by atoms with Crippen molar-refractivity contribution in [3.8, 4) is 11.5 Å². The third-order valence-corrected chi connectivity index (χ3v) is 3.48. The Kier molecular flexibility index (Phi) is 5.02. The average molecular weight is 349 g/mol. The second-order valence-electron chi connectivity index (χ2n) is 5.02. The van der Waals surface area contributed by atoms with Gasteiger partial charge in [-0.1, -0.05) is 12.1 Å². The number of aryl methyl sites for hydroxylation is 3. The molecule has 2 aromatic rings. The predicted octanol–water partition coefficient (Wildman–Crippen LogP) is 4.36. The molecule has 0 atom stereocenters. The molecule has 2 rings (SSSR count). The van der Waals surface area contributed by atoms with Crippen molar-refractivity contribution in [3.05, 3.63) is 57.6 Å². The van der Waals surface area contributed by atoms with E-state index >= 15 is 0 Å². The second-order valence-corrected chi connectivity index (χ2v) is 5.87. The highest BCUT2D eigenvalue weighted by Gasteiger charge is 2.09. The summed E-state index contributed by atoms with van der Waals surface area (Å²) in [7, 11) is 0. The summed E-state index contributed by atoms with van der Waals surface area (Å²) in [5.74, 6) is 0.737. The van der Waals surface area contributed by atoms with Gasteiger partial charge in [-0.05, 0) is 77.7 Å². The zero-order valence-electron chi connectivity index (χ0n) is 12.3. The number of benzene rings is 2. The van der Waals surface area contributed by atoms with E-state index in [2.05, 4.69) is 22.0 Å². The van der Waals surface area contributed by atoms with E-state index in [1.807, 2.05) is 45.0 Å². The van der Waals surface area contributed by atoms with Crippen LogP contribution < -0.4 is 9.47 Å². The van der Waals surface area contributed by atoms with E-state index in [4.69, 9.17) is 9.47 Å². The molecule has 0 aliphatic carbocycles. The average Bonchev–Trinajstić information content (AvgIpc) is 2.39. The summed E-state index contributed by atoms with van der Waals surface area (Å²) in [4.78, 5) is 11.8. The predicted molar refractivity (Wildman–Crippen MR) is 85.9 cm³/mol. The largest absolute Gasteiger partial charge is 0.482 e. The molecule has 0 N–H and O–H groups in total. The highest BCUT2D eigenvalue weighted by Crippen LogP contribution is 2.26. The number of carbonyl (C=O) groups excluding carboxylic acids is 1. The lowest BCUT2D eigenvalue weighted by Gasteiger charge is -2.09. The van der Waals surface area contributed by atoms with Crippen LogP contribution in [-0.2, 0) is 4.79 Å². The highest BCUT2D eigenvalue weighted by molar-refractivity contribution is 9.10. The Morgan fingerprint density at radius 3 is 2.29 bits per heavy atom. The second kappa shape index (κ2) is 6.76. The Balaban J connectivity index is 1.95. The minimum Gasteiger partial charge on any atom is -0.482 e. The summed E-state index contributed by atoms with van der Waals surface area (Å²) >= 11 is 3.37. The zero-order valence-corrected chi connectivity index (χ0v) is 13.9. The molecule has 4 heteroatoms. The van der Waals surface area contributed by atoms with Crippen molar-refractivity contribution in [2.75, 3.05) is 6.61 Å². The molecule has 3 nitrogen and oxygen atoms in total.